The first-order chi connectivity index (χ1) is 15.7. The quantitative estimate of drug-likeness (QED) is 0.431. The topological polar surface area (TPSA) is 78.4 Å². The third-order valence-corrected chi connectivity index (χ3v) is 4.69. The number of fused-ring (bicyclic) bond motifs is 1. The molecule has 1 atom stereocenters. The van der Waals surface area contributed by atoms with Crippen LogP contribution in [0.25, 0.3) is 0 Å². The lowest BCUT2D eigenvalue weighted by Gasteiger charge is -2.24. The van der Waals surface area contributed by atoms with Gasteiger partial charge in [-0.1, -0.05) is 42.5 Å². The third kappa shape index (κ3) is 5.37. The van der Waals surface area contributed by atoms with Gasteiger partial charge in [0.15, 0.2) is 23.0 Å². The van der Waals surface area contributed by atoms with E-state index in [0.717, 1.165) is 11.1 Å². The molecule has 1 aliphatic rings. The summed E-state index contributed by atoms with van der Waals surface area (Å²) in [5.74, 6) is 2.03. The molecule has 1 heterocycles. The second kappa shape index (κ2) is 10.3. The standard InChI is InChI=1S/C25H24N2O5/c1-2-29-23-14-19(12-13-21(23)30-16-18-8-4-3-5-9-18)15-26-27-25(28)24-17-31-20-10-6-7-11-22(20)32-24/h3-15,24H,2,16-17H2,1H3,(H,27,28)/b26-15-/t24-/m0/s1. The highest BCUT2D eigenvalue weighted by molar-refractivity contribution is 5.85. The molecule has 0 bridgehead atoms. The number of benzene rings is 3. The molecule has 0 aromatic heterocycles. The van der Waals surface area contributed by atoms with Crippen molar-refractivity contribution in [1.82, 2.24) is 5.43 Å². The Bertz CT molecular complexity index is 1080. The van der Waals surface area contributed by atoms with Crippen molar-refractivity contribution >= 4 is 12.1 Å². The Morgan fingerprint density at radius 3 is 2.62 bits per heavy atom. The number of hydrogen-bond acceptors (Lipinski definition) is 6. The van der Waals surface area contributed by atoms with Gasteiger partial charge in [-0.2, -0.15) is 5.10 Å². The van der Waals surface area contributed by atoms with Crippen molar-refractivity contribution in [3.63, 3.8) is 0 Å². The summed E-state index contributed by atoms with van der Waals surface area (Å²) in [6.07, 6.45) is 0.772. The minimum Gasteiger partial charge on any atom is -0.490 e. The Hall–Kier alpha value is -4.00. The van der Waals surface area contributed by atoms with Gasteiger partial charge in [-0.3, -0.25) is 4.79 Å². The van der Waals surface area contributed by atoms with E-state index in [9.17, 15) is 4.79 Å². The van der Waals surface area contributed by atoms with Crippen molar-refractivity contribution in [1.29, 1.82) is 0 Å². The van der Waals surface area contributed by atoms with Crippen LogP contribution in [0, 0.1) is 0 Å². The Morgan fingerprint density at radius 2 is 1.81 bits per heavy atom. The molecule has 1 aliphatic heterocycles. The second-order valence-electron chi connectivity index (χ2n) is 7.01. The first kappa shape index (κ1) is 21.2. The van der Waals surface area contributed by atoms with Crippen LogP contribution in [0.2, 0.25) is 0 Å². The highest BCUT2D eigenvalue weighted by atomic mass is 16.6. The van der Waals surface area contributed by atoms with Crippen LogP contribution in [-0.2, 0) is 11.4 Å². The first-order valence-corrected chi connectivity index (χ1v) is 10.4. The Kier molecular flexibility index (Phi) is 6.87. The smallest absolute Gasteiger partial charge is 0.284 e. The zero-order valence-corrected chi connectivity index (χ0v) is 17.7. The van der Waals surface area contributed by atoms with Crippen molar-refractivity contribution in [2.24, 2.45) is 5.10 Å². The van der Waals surface area contributed by atoms with Crippen LogP contribution in [0.4, 0.5) is 0 Å². The number of hydrogen-bond donors (Lipinski definition) is 1. The molecule has 7 heteroatoms. The number of para-hydroxylation sites is 2. The van der Waals surface area contributed by atoms with Crippen LogP contribution in [0.1, 0.15) is 18.1 Å². The van der Waals surface area contributed by atoms with Gasteiger partial charge in [0.25, 0.3) is 5.91 Å². The Labute approximate surface area is 186 Å². The molecule has 0 saturated carbocycles. The molecule has 7 nitrogen and oxygen atoms in total. The van der Waals surface area contributed by atoms with Crippen LogP contribution in [0.3, 0.4) is 0 Å². The van der Waals surface area contributed by atoms with Gasteiger partial charge in [0, 0.05) is 0 Å². The zero-order valence-electron chi connectivity index (χ0n) is 17.7. The van der Waals surface area contributed by atoms with Crippen molar-refractivity contribution in [2.45, 2.75) is 19.6 Å². The molecule has 0 spiro atoms. The fraction of sp³-hybridized carbons (Fsp3) is 0.200. The SMILES string of the molecule is CCOc1cc(/C=N\NC(=O)[C@@H]2COc3ccccc3O2)ccc1OCc1ccccc1. The van der Waals surface area contributed by atoms with Gasteiger partial charge in [-0.05, 0) is 48.4 Å². The van der Waals surface area contributed by atoms with Gasteiger partial charge >= 0.3 is 0 Å². The van der Waals surface area contributed by atoms with E-state index in [2.05, 4.69) is 10.5 Å². The van der Waals surface area contributed by atoms with Gasteiger partial charge in [0.05, 0.1) is 12.8 Å². The molecule has 3 aromatic rings. The number of amides is 1. The normalized spacial score (nSPS) is 14.7. The second-order valence-corrected chi connectivity index (χ2v) is 7.01. The highest BCUT2D eigenvalue weighted by Crippen LogP contribution is 2.31. The molecular formula is C25H24N2O5. The summed E-state index contributed by atoms with van der Waals surface area (Å²) in [7, 11) is 0. The van der Waals surface area contributed by atoms with Gasteiger partial charge in [0.1, 0.15) is 13.2 Å². The predicted octanol–water partition coefficient (Wildman–Crippen LogP) is 3.95. The van der Waals surface area contributed by atoms with Crippen molar-refractivity contribution in [3.8, 4) is 23.0 Å². The number of hydrazone groups is 1. The molecule has 0 saturated heterocycles. The summed E-state index contributed by atoms with van der Waals surface area (Å²) in [5.41, 5.74) is 4.32. The maximum Gasteiger partial charge on any atom is 0.284 e. The summed E-state index contributed by atoms with van der Waals surface area (Å²) >= 11 is 0. The van der Waals surface area contributed by atoms with E-state index in [0.29, 0.717) is 36.2 Å². The highest BCUT2D eigenvalue weighted by Gasteiger charge is 2.27. The lowest BCUT2D eigenvalue weighted by atomic mass is 10.2. The monoisotopic (exact) mass is 432 g/mol. The molecule has 164 valence electrons. The lowest BCUT2D eigenvalue weighted by molar-refractivity contribution is -0.130. The number of rotatable bonds is 8. The van der Waals surface area contributed by atoms with E-state index >= 15 is 0 Å². The van der Waals surface area contributed by atoms with Crippen molar-refractivity contribution in [3.05, 3.63) is 83.9 Å². The van der Waals surface area contributed by atoms with E-state index in [-0.39, 0.29) is 12.5 Å². The maximum atomic E-state index is 12.4. The van der Waals surface area contributed by atoms with Crippen LogP contribution in [-0.4, -0.2) is 31.4 Å². The summed E-state index contributed by atoms with van der Waals surface area (Å²) in [4.78, 5) is 12.4. The molecule has 0 unspecified atom stereocenters. The minimum atomic E-state index is -0.769. The molecule has 3 aromatic carbocycles. The van der Waals surface area contributed by atoms with E-state index in [1.165, 1.54) is 0 Å². The molecule has 4 rings (SSSR count). The first-order valence-electron chi connectivity index (χ1n) is 10.4. The molecule has 1 amide bonds. The lowest BCUT2D eigenvalue weighted by Crippen LogP contribution is -2.42. The molecule has 0 radical (unpaired) electrons. The molecule has 0 aliphatic carbocycles. The van der Waals surface area contributed by atoms with E-state index in [1.807, 2.05) is 67.6 Å². The number of carbonyl (C=O) groups excluding carboxylic acids is 1. The summed E-state index contributed by atoms with van der Waals surface area (Å²) in [6.45, 7) is 2.98. The van der Waals surface area contributed by atoms with Gasteiger partial charge in [-0.25, -0.2) is 5.43 Å². The number of nitrogens with zero attached hydrogens (tertiary/aromatic N) is 1. The zero-order chi connectivity index (χ0) is 22.2. The number of carbonyl (C=O) groups is 1. The molecule has 1 N–H and O–H groups in total. The van der Waals surface area contributed by atoms with Gasteiger partial charge < -0.3 is 18.9 Å². The van der Waals surface area contributed by atoms with Crippen LogP contribution in [0.15, 0.2) is 77.9 Å². The largest absolute Gasteiger partial charge is 0.490 e. The third-order valence-electron chi connectivity index (χ3n) is 4.69. The number of ether oxygens (including phenoxy) is 4. The van der Waals surface area contributed by atoms with Gasteiger partial charge in [-0.15, -0.1) is 0 Å². The molecule has 32 heavy (non-hydrogen) atoms. The average molecular weight is 432 g/mol. The Balaban J connectivity index is 1.36. The fourth-order valence-electron chi connectivity index (χ4n) is 3.12. The maximum absolute atomic E-state index is 12.4. The van der Waals surface area contributed by atoms with Crippen LogP contribution < -0.4 is 24.4 Å². The molecule has 0 fully saturated rings. The van der Waals surface area contributed by atoms with E-state index < -0.39 is 6.10 Å². The van der Waals surface area contributed by atoms with Crippen LogP contribution >= 0.6 is 0 Å². The fourth-order valence-corrected chi connectivity index (χ4v) is 3.12. The summed E-state index contributed by atoms with van der Waals surface area (Å²) < 4.78 is 22.9. The summed E-state index contributed by atoms with van der Waals surface area (Å²) in [5, 5.41) is 4.04. The Morgan fingerprint density at radius 1 is 1.03 bits per heavy atom. The van der Waals surface area contributed by atoms with E-state index in [4.69, 9.17) is 18.9 Å². The molecular weight excluding hydrogens is 408 g/mol. The van der Waals surface area contributed by atoms with Crippen molar-refractivity contribution < 1.29 is 23.7 Å². The predicted molar refractivity (Wildman–Crippen MR) is 120 cm³/mol. The minimum absolute atomic E-state index is 0.125. The van der Waals surface area contributed by atoms with E-state index in [1.54, 1.807) is 18.3 Å². The number of nitrogens with one attached hydrogen (secondary N) is 1. The summed E-state index contributed by atoms with van der Waals surface area (Å²) in [6, 6.07) is 22.6. The van der Waals surface area contributed by atoms with Crippen molar-refractivity contribution in [2.75, 3.05) is 13.2 Å². The average Bonchev–Trinajstić information content (AvgIpc) is 2.84. The van der Waals surface area contributed by atoms with Crippen LogP contribution in [0.5, 0.6) is 23.0 Å². The van der Waals surface area contributed by atoms with Gasteiger partial charge in [0.2, 0.25) is 6.10 Å².